The maximum atomic E-state index is 12.6. The van der Waals surface area contributed by atoms with Gasteiger partial charge in [-0.05, 0) is 42.3 Å². The Morgan fingerprint density at radius 2 is 1.90 bits per heavy atom. The zero-order valence-electron chi connectivity index (χ0n) is 15.8. The number of aromatic nitrogens is 5. The van der Waals surface area contributed by atoms with Crippen LogP contribution in [0, 0.1) is 5.92 Å². The Labute approximate surface area is 171 Å². The number of hydrogen-bond donors (Lipinski definition) is 0. The van der Waals surface area contributed by atoms with Crippen LogP contribution in [0.4, 0.5) is 5.82 Å². The van der Waals surface area contributed by atoms with E-state index in [1.54, 1.807) is 47.0 Å². The Bertz CT molecular complexity index is 1180. The molecule has 5 rings (SSSR count). The average Bonchev–Trinajstić information content (AvgIpc) is 3.25. The highest BCUT2D eigenvalue weighted by molar-refractivity contribution is 7.16. The number of anilines is 1. The summed E-state index contributed by atoms with van der Waals surface area (Å²) in [4.78, 5) is 33.3. The van der Waals surface area contributed by atoms with Crippen LogP contribution in [-0.4, -0.2) is 37.6 Å². The lowest BCUT2D eigenvalue weighted by Gasteiger charge is -2.33. The van der Waals surface area contributed by atoms with Gasteiger partial charge in [-0.1, -0.05) is 0 Å². The first-order valence-electron chi connectivity index (χ1n) is 9.68. The van der Waals surface area contributed by atoms with Crippen molar-refractivity contribution in [2.75, 3.05) is 18.0 Å². The molecule has 0 aromatic carbocycles. The molecule has 5 heterocycles. The first-order valence-corrected chi connectivity index (χ1v) is 10.6. The summed E-state index contributed by atoms with van der Waals surface area (Å²) in [6, 6.07) is 7.43. The van der Waals surface area contributed by atoms with Crippen molar-refractivity contribution in [3.63, 3.8) is 0 Å². The second kappa shape index (κ2) is 7.71. The fourth-order valence-electron chi connectivity index (χ4n) is 3.88. The van der Waals surface area contributed by atoms with E-state index in [0.717, 1.165) is 47.5 Å². The molecule has 7 nitrogen and oxygen atoms in total. The highest BCUT2D eigenvalue weighted by Crippen LogP contribution is 2.30. The Hall–Kier alpha value is -3.13. The summed E-state index contributed by atoms with van der Waals surface area (Å²) in [6.07, 6.45) is 8.78. The Balaban J connectivity index is 1.26. The van der Waals surface area contributed by atoms with Crippen molar-refractivity contribution in [3.05, 3.63) is 65.0 Å². The van der Waals surface area contributed by atoms with Crippen LogP contribution in [0.1, 0.15) is 12.8 Å². The summed E-state index contributed by atoms with van der Waals surface area (Å²) < 4.78 is 1.73. The smallest absolute Gasteiger partial charge is 0.253 e. The van der Waals surface area contributed by atoms with Crippen LogP contribution >= 0.6 is 11.3 Å². The predicted octanol–water partition coefficient (Wildman–Crippen LogP) is 3.23. The van der Waals surface area contributed by atoms with Crippen LogP contribution in [0.25, 0.3) is 21.5 Å². The molecule has 1 saturated heterocycles. The van der Waals surface area contributed by atoms with E-state index in [0.29, 0.717) is 18.2 Å². The maximum Gasteiger partial charge on any atom is 0.253 e. The number of thiophene rings is 1. The normalized spacial score (nSPS) is 15.1. The molecule has 0 spiro atoms. The van der Waals surface area contributed by atoms with Gasteiger partial charge in [-0.15, -0.1) is 11.3 Å². The van der Waals surface area contributed by atoms with Gasteiger partial charge in [-0.3, -0.25) is 14.3 Å². The molecule has 0 atom stereocenters. The first kappa shape index (κ1) is 17.9. The van der Waals surface area contributed by atoms with Gasteiger partial charge < -0.3 is 4.90 Å². The zero-order chi connectivity index (χ0) is 19.6. The molecule has 4 aromatic heterocycles. The maximum absolute atomic E-state index is 12.6. The van der Waals surface area contributed by atoms with E-state index >= 15 is 0 Å². The highest BCUT2D eigenvalue weighted by atomic mass is 32.1. The highest BCUT2D eigenvalue weighted by Gasteiger charge is 2.22. The van der Waals surface area contributed by atoms with Gasteiger partial charge in [0.15, 0.2) is 0 Å². The van der Waals surface area contributed by atoms with E-state index in [2.05, 4.69) is 36.3 Å². The second-order valence-corrected chi connectivity index (χ2v) is 8.16. The summed E-state index contributed by atoms with van der Waals surface area (Å²) in [6.45, 7) is 2.57. The van der Waals surface area contributed by atoms with E-state index in [4.69, 9.17) is 0 Å². The molecule has 0 aliphatic carbocycles. The number of nitrogens with zero attached hydrogens (tertiary/aromatic N) is 6. The van der Waals surface area contributed by atoms with Crippen LogP contribution in [-0.2, 0) is 6.54 Å². The molecule has 1 fully saturated rings. The molecule has 0 amide bonds. The fraction of sp³-hybridized carbons (Fsp3) is 0.286. The number of pyridine rings is 1. The predicted molar refractivity (Wildman–Crippen MR) is 114 cm³/mol. The van der Waals surface area contributed by atoms with Gasteiger partial charge in [0.25, 0.3) is 5.56 Å². The van der Waals surface area contributed by atoms with Crippen molar-refractivity contribution in [1.29, 1.82) is 0 Å². The van der Waals surface area contributed by atoms with Crippen molar-refractivity contribution in [1.82, 2.24) is 24.5 Å². The van der Waals surface area contributed by atoms with Crippen LogP contribution < -0.4 is 10.5 Å². The third kappa shape index (κ3) is 3.63. The Kier molecular flexibility index (Phi) is 4.77. The first-order chi connectivity index (χ1) is 14.3. The number of rotatable bonds is 4. The van der Waals surface area contributed by atoms with Crippen molar-refractivity contribution < 1.29 is 0 Å². The minimum absolute atomic E-state index is 0.00924. The quantitative estimate of drug-likeness (QED) is 0.520. The summed E-state index contributed by atoms with van der Waals surface area (Å²) in [5, 5.41) is 3.19. The third-order valence-corrected chi connectivity index (χ3v) is 6.29. The number of piperidine rings is 1. The molecule has 0 radical (unpaired) electrons. The van der Waals surface area contributed by atoms with Gasteiger partial charge >= 0.3 is 0 Å². The standard InChI is InChI=1S/C21H20N6OS/c28-19-11-18(16-1-6-22-7-2-16)25-14-27(19)12-15-3-8-26(9-4-15)20-17-5-10-29-21(17)24-13-23-20/h1-2,5-7,10-11,13-15H,3-4,8-9,12H2. The molecule has 1 aliphatic heterocycles. The SMILES string of the molecule is O=c1cc(-c2ccncc2)ncn1CC1CCN(c2ncnc3sccc23)CC1. The van der Waals surface area contributed by atoms with E-state index in [1.165, 1.54) is 0 Å². The Morgan fingerprint density at radius 3 is 2.69 bits per heavy atom. The summed E-state index contributed by atoms with van der Waals surface area (Å²) >= 11 is 1.64. The largest absolute Gasteiger partial charge is 0.356 e. The average molecular weight is 404 g/mol. The third-order valence-electron chi connectivity index (χ3n) is 5.47. The van der Waals surface area contributed by atoms with E-state index in [1.807, 2.05) is 12.1 Å². The monoisotopic (exact) mass is 404 g/mol. The molecule has 0 N–H and O–H groups in total. The van der Waals surface area contributed by atoms with E-state index < -0.39 is 0 Å². The Morgan fingerprint density at radius 1 is 1.07 bits per heavy atom. The molecule has 1 aliphatic rings. The van der Waals surface area contributed by atoms with Gasteiger partial charge in [-0.25, -0.2) is 15.0 Å². The van der Waals surface area contributed by atoms with Crippen molar-refractivity contribution in [2.45, 2.75) is 19.4 Å². The van der Waals surface area contributed by atoms with Crippen LogP contribution in [0.15, 0.2) is 59.5 Å². The molecule has 29 heavy (non-hydrogen) atoms. The molecule has 0 bridgehead atoms. The molecule has 4 aromatic rings. The van der Waals surface area contributed by atoms with Gasteiger partial charge in [-0.2, -0.15) is 0 Å². The zero-order valence-corrected chi connectivity index (χ0v) is 16.6. The van der Waals surface area contributed by atoms with E-state index in [-0.39, 0.29) is 5.56 Å². The number of fused-ring (bicyclic) bond motifs is 1. The van der Waals surface area contributed by atoms with Gasteiger partial charge in [0.05, 0.1) is 17.4 Å². The van der Waals surface area contributed by atoms with Gasteiger partial charge in [0.1, 0.15) is 17.0 Å². The van der Waals surface area contributed by atoms with Crippen molar-refractivity contribution >= 4 is 27.4 Å². The lowest BCUT2D eigenvalue weighted by Crippen LogP contribution is -2.36. The van der Waals surface area contributed by atoms with Crippen molar-refractivity contribution in [3.8, 4) is 11.3 Å². The summed E-state index contributed by atoms with van der Waals surface area (Å²) in [7, 11) is 0. The van der Waals surface area contributed by atoms with Gasteiger partial charge in [0.2, 0.25) is 0 Å². The van der Waals surface area contributed by atoms with Crippen LogP contribution in [0.2, 0.25) is 0 Å². The molecule has 8 heteroatoms. The van der Waals surface area contributed by atoms with Gasteiger partial charge in [0, 0.05) is 43.7 Å². The van der Waals surface area contributed by atoms with Crippen LogP contribution in [0.5, 0.6) is 0 Å². The fourth-order valence-corrected chi connectivity index (χ4v) is 4.61. The molecule has 146 valence electrons. The molecule has 0 unspecified atom stereocenters. The minimum Gasteiger partial charge on any atom is -0.356 e. The van der Waals surface area contributed by atoms with Crippen LogP contribution in [0.3, 0.4) is 0 Å². The molecular weight excluding hydrogens is 384 g/mol. The van der Waals surface area contributed by atoms with E-state index in [9.17, 15) is 4.79 Å². The molecule has 0 saturated carbocycles. The minimum atomic E-state index is -0.00924. The number of hydrogen-bond acceptors (Lipinski definition) is 7. The summed E-state index contributed by atoms with van der Waals surface area (Å²) in [5.41, 5.74) is 1.58. The second-order valence-electron chi connectivity index (χ2n) is 7.27. The topological polar surface area (TPSA) is 76.8 Å². The van der Waals surface area contributed by atoms with Crippen molar-refractivity contribution in [2.24, 2.45) is 5.92 Å². The lowest BCUT2D eigenvalue weighted by atomic mass is 9.96. The summed E-state index contributed by atoms with van der Waals surface area (Å²) in [5.74, 6) is 1.48. The lowest BCUT2D eigenvalue weighted by molar-refractivity contribution is 0.350. The molecular formula is C21H20N6OS.